The van der Waals surface area contributed by atoms with Crippen molar-refractivity contribution in [3.05, 3.63) is 82.3 Å². The Hall–Kier alpha value is -3.34. The van der Waals surface area contributed by atoms with Gasteiger partial charge in [0.2, 0.25) is 5.91 Å². The van der Waals surface area contributed by atoms with Crippen LogP contribution < -0.4 is 15.2 Å². The lowest BCUT2D eigenvalue weighted by Gasteiger charge is -2.21. The lowest BCUT2D eigenvalue weighted by atomic mass is 10.1. The first-order chi connectivity index (χ1) is 13.4. The minimum atomic E-state index is -0.208. The zero-order valence-electron chi connectivity index (χ0n) is 16.6. The van der Waals surface area contributed by atoms with Crippen molar-refractivity contribution in [2.75, 3.05) is 19.1 Å². The Morgan fingerprint density at radius 3 is 2.36 bits per heavy atom. The highest BCUT2D eigenvalue weighted by atomic mass is 16.5. The fourth-order valence-corrected chi connectivity index (χ4v) is 3.09. The zero-order valence-corrected chi connectivity index (χ0v) is 16.6. The Bertz CT molecular complexity index is 1050. The topological polar surface area (TPSA) is 51.5 Å². The molecule has 1 amide bonds. The highest BCUT2D eigenvalue weighted by Crippen LogP contribution is 2.23. The molecule has 0 saturated heterocycles. The number of pyridine rings is 1. The van der Waals surface area contributed by atoms with Crippen LogP contribution >= 0.6 is 0 Å². The lowest BCUT2D eigenvalue weighted by molar-refractivity contribution is -0.118. The van der Waals surface area contributed by atoms with Crippen molar-refractivity contribution in [2.24, 2.45) is 0 Å². The average molecular weight is 376 g/mol. The summed E-state index contributed by atoms with van der Waals surface area (Å²) in [5.74, 6) is 0.616. The molecule has 0 saturated carbocycles. The molecular formula is C23H24N2O3. The highest BCUT2D eigenvalue weighted by molar-refractivity contribution is 5.93. The van der Waals surface area contributed by atoms with E-state index in [1.807, 2.05) is 56.3 Å². The maximum atomic E-state index is 12.8. The van der Waals surface area contributed by atoms with Crippen LogP contribution in [-0.2, 0) is 11.3 Å². The summed E-state index contributed by atoms with van der Waals surface area (Å²) in [6.07, 6.45) is 1.72. The van der Waals surface area contributed by atoms with E-state index < -0.39 is 0 Å². The summed E-state index contributed by atoms with van der Waals surface area (Å²) in [6.45, 7) is 3.98. The predicted molar refractivity (Wildman–Crippen MR) is 112 cm³/mol. The molecule has 0 atom stereocenters. The largest absolute Gasteiger partial charge is 0.497 e. The van der Waals surface area contributed by atoms with Crippen LogP contribution in [0.25, 0.3) is 11.1 Å². The van der Waals surface area contributed by atoms with Crippen LogP contribution in [0.4, 0.5) is 5.69 Å². The predicted octanol–water partition coefficient (Wildman–Crippen LogP) is 3.80. The van der Waals surface area contributed by atoms with Gasteiger partial charge in [-0.15, -0.1) is 0 Å². The Kier molecular flexibility index (Phi) is 5.64. The number of aryl methyl sites for hydroxylation is 1. The van der Waals surface area contributed by atoms with Crippen LogP contribution in [0.1, 0.15) is 11.1 Å². The molecule has 1 aromatic heterocycles. The highest BCUT2D eigenvalue weighted by Gasteiger charge is 2.15. The van der Waals surface area contributed by atoms with E-state index in [1.54, 1.807) is 31.3 Å². The van der Waals surface area contributed by atoms with E-state index in [0.29, 0.717) is 0 Å². The van der Waals surface area contributed by atoms with E-state index in [-0.39, 0.29) is 18.0 Å². The van der Waals surface area contributed by atoms with E-state index in [9.17, 15) is 9.59 Å². The SMILES string of the molecule is COc1ccc(-c2ccc(=O)n(CC(=O)N(C)c3cccc(C)c3C)c2)cc1. The van der Waals surface area contributed by atoms with Gasteiger partial charge in [-0.2, -0.15) is 0 Å². The molecular weight excluding hydrogens is 352 g/mol. The maximum Gasteiger partial charge on any atom is 0.251 e. The van der Waals surface area contributed by atoms with Crippen LogP contribution in [0.2, 0.25) is 0 Å². The minimum Gasteiger partial charge on any atom is -0.497 e. The Morgan fingerprint density at radius 1 is 1.00 bits per heavy atom. The number of aromatic nitrogens is 1. The van der Waals surface area contributed by atoms with Gasteiger partial charge < -0.3 is 14.2 Å². The standard InChI is InChI=1S/C23H24N2O3/c1-16-6-5-7-21(17(16)2)24(3)23(27)15-25-14-19(10-13-22(25)26)18-8-11-20(28-4)12-9-18/h5-14H,15H2,1-4H3. The molecule has 28 heavy (non-hydrogen) atoms. The summed E-state index contributed by atoms with van der Waals surface area (Å²) in [5.41, 5.74) is 4.63. The molecule has 3 rings (SSSR count). The van der Waals surface area contributed by atoms with E-state index in [0.717, 1.165) is 33.7 Å². The molecule has 0 aliphatic heterocycles. The van der Waals surface area contributed by atoms with Crippen molar-refractivity contribution in [3.8, 4) is 16.9 Å². The van der Waals surface area contributed by atoms with Crippen molar-refractivity contribution in [2.45, 2.75) is 20.4 Å². The maximum absolute atomic E-state index is 12.8. The van der Waals surface area contributed by atoms with Crippen molar-refractivity contribution < 1.29 is 9.53 Å². The van der Waals surface area contributed by atoms with Gasteiger partial charge in [-0.05, 0) is 60.4 Å². The van der Waals surface area contributed by atoms with Gasteiger partial charge >= 0.3 is 0 Å². The van der Waals surface area contributed by atoms with Crippen LogP contribution in [0.5, 0.6) is 5.75 Å². The van der Waals surface area contributed by atoms with Crippen LogP contribution in [0.3, 0.4) is 0 Å². The van der Waals surface area contributed by atoms with E-state index in [4.69, 9.17) is 4.74 Å². The molecule has 0 aliphatic rings. The summed E-state index contributed by atoms with van der Waals surface area (Å²) >= 11 is 0. The van der Waals surface area contributed by atoms with Gasteiger partial charge in [0.1, 0.15) is 12.3 Å². The first-order valence-corrected chi connectivity index (χ1v) is 9.08. The Labute approximate surface area is 164 Å². The van der Waals surface area contributed by atoms with Crippen molar-refractivity contribution in [1.29, 1.82) is 0 Å². The number of anilines is 1. The van der Waals surface area contributed by atoms with Gasteiger partial charge in [0, 0.05) is 25.0 Å². The third-order valence-electron chi connectivity index (χ3n) is 5.02. The number of ether oxygens (including phenoxy) is 1. The lowest BCUT2D eigenvalue weighted by Crippen LogP contribution is -2.34. The molecule has 144 valence electrons. The number of nitrogens with zero attached hydrogens (tertiary/aromatic N) is 2. The molecule has 0 unspecified atom stereocenters. The second-order valence-corrected chi connectivity index (χ2v) is 6.78. The van der Waals surface area contributed by atoms with E-state index in [1.165, 1.54) is 10.6 Å². The molecule has 0 bridgehead atoms. The van der Waals surface area contributed by atoms with Crippen molar-refractivity contribution in [3.63, 3.8) is 0 Å². The normalized spacial score (nSPS) is 10.6. The number of methoxy groups -OCH3 is 1. The first-order valence-electron chi connectivity index (χ1n) is 9.08. The second kappa shape index (κ2) is 8.13. The monoisotopic (exact) mass is 376 g/mol. The van der Waals surface area contributed by atoms with Gasteiger partial charge in [0.25, 0.3) is 5.56 Å². The molecule has 0 radical (unpaired) electrons. The molecule has 5 nitrogen and oxygen atoms in total. The first kappa shape index (κ1) is 19.4. The molecule has 5 heteroatoms. The zero-order chi connectivity index (χ0) is 20.3. The van der Waals surface area contributed by atoms with Crippen LogP contribution in [0.15, 0.2) is 65.6 Å². The number of hydrogen-bond acceptors (Lipinski definition) is 3. The molecule has 2 aromatic carbocycles. The molecule has 0 fully saturated rings. The number of carbonyl (C=O) groups excluding carboxylic acids is 1. The molecule has 0 aliphatic carbocycles. The number of benzene rings is 2. The van der Waals surface area contributed by atoms with Gasteiger partial charge in [0.05, 0.1) is 7.11 Å². The third kappa shape index (κ3) is 3.98. The van der Waals surface area contributed by atoms with E-state index in [2.05, 4.69) is 0 Å². The van der Waals surface area contributed by atoms with Crippen LogP contribution in [-0.4, -0.2) is 24.6 Å². The van der Waals surface area contributed by atoms with Crippen LogP contribution in [0, 0.1) is 13.8 Å². The number of rotatable bonds is 5. The molecule has 0 N–H and O–H groups in total. The average Bonchev–Trinajstić information content (AvgIpc) is 2.71. The number of hydrogen-bond donors (Lipinski definition) is 0. The third-order valence-corrected chi connectivity index (χ3v) is 5.02. The van der Waals surface area contributed by atoms with Crippen molar-refractivity contribution >= 4 is 11.6 Å². The Balaban J connectivity index is 1.86. The summed E-state index contributed by atoms with van der Waals surface area (Å²) in [7, 11) is 3.36. The van der Waals surface area contributed by atoms with Gasteiger partial charge in [0.15, 0.2) is 0 Å². The second-order valence-electron chi connectivity index (χ2n) is 6.78. The summed E-state index contributed by atoms with van der Waals surface area (Å²) in [6, 6.07) is 16.7. The van der Waals surface area contributed by atoms with Gasteiger partial charge in [-0.3, -0.25) is 9.59 Å². The van der Waals surface area contributed by atoms with Gasteiger partial charge in [-0.1, -0.05) is 24.3 Å². The quantitative estimate of drug-likeness (QED) is 0.680. The minimum absolute atomic E-state index is 0.0211. The smallest absolute Gasteiger partial charge is 0.251 e. The molecule has 1 heterocycles. The van der Waals surface area contributed by atoms with Crippen molar-refractivity contribution in [1.82, 2.24) is 4.57 Å². The molecule has 3 aromatic rings. The fraction of sp³-hybridized carbons (Fsp3) is 0.217. The number of amides is 1. The summed E-state index contributed by atoms with van der Waals surface area (Å²) in [4.78, 5) is 26.7. The number of carbonyl (C=O) groups is 1. The fourth-order valence-electron chi connectivity index (χ4n) is 3.09. The summed E-state index contributed by atoms with van der Waals surface area (Å²) in [5, 5.41) is 0. The van der Waals surface area contributed by atoms with E-state index >= 15 is 0 Å². The molecule has 0 spiro atoms. The number of likely N-dealkylation sites (N-methyl/N-ethyl adjacent to an activating group) is 1. The van der Waals surface area contributed by atoms with Gasteiger partial charge in [-0.25, -0.2) is 0 Å². The Morgan fingerprint density at radius 2 is 1.68 bits per heavy atom. The summed E-state index contributed by atoms with van der Waals surface area (Å²) < 4.78 is 6.63.